The van der Waals surface area contributed by atoms with E-state index >= 15 is 0 Å². The molecule has 1 heterocycles. The number of ether oxygens (including phenoxy) is 1. The second-order valence-electron chi connectivity index (χ2n) is 4.46. The molecule has 0 atom stereocenters. The van der Waals surface area contributed by atoms with E-state index in [1.165, 1.54) is 18.2 Å². The van der Waals surface area contributed by atoms with Gasteiger partial charge in [0, 0.05) is 12.2 Å². The van der Waals surface area contributed by atoms with E-state index in [2.05, 4.69) is 21.6 Å². The number of nitrogens with zero attached hydrogens (tertiary/aromatic N) is 2. The Morgan fingerprint density at radius 1 is 1.48 bits per heavy atom. The third-order valence-electron chi connectivity index (χ3n) is 2.72. The normalized spacial score (nSPS) is 9.76. The van der Waals surface area contributed by atoms with Crippen molar-refractivity contribution in [3.8, 4) is 11.8 Å². The highest BCUT2D eigenvalue weighted by Gasteiger charge is 2.24. The summed E-state index contributed by atoms with van der Waals surface area (Å²) >= 11 is 0. The van der Waals surface area contributed by atoms with E-state index in [1.807, 2.05) is 0 Å². The fraction of sp³-hybridized carbons (Fsp3) is 0.400. The molecular formula is C15H18N2O4. The van der Waals surface area contributed by atoms with Gasteiger partial charge in [0.1, 0.15) is 18.8 Å². The third-order valence-corrected chi connectivity index (χ3v) is 2.72. The Balaban J connectivity index is 3.12. The van der Waals surface area contributed by atoms with Gasteiger partial charge in [-0.1, -0.05) is 11.8 Å². The van der Waals surface area contributed by atoms with Gasteiger partial charge in [-0.15, -0.1) is 0 Å². The van der Waals surface area contributed by atoms with Crippen LogP contribution >= 0.6 is 0 Å². The minimum Gasteiger partial charge on any atom is -0.468 e. The summed E-state index contributed by atoms with van der Waals surface area (Å²) in [5.41, 5.74) is 0.558. The molecule has 1 rings (SSSR count). The highest BCUT2D eigenvalue weighted by atomic mass is 16.5. The Labute approximate surface area is 123 Å². The number of aliphatic hydroxyl groups is 1. The van der Waals surface area contributed by atoms with Crippen LogP contribution in [0.15, 0.2) is 18.3 Å². The fourth-order valence-electron chi connectivity index (χ4n) is 1.64. The summed E-state index contributed by atoms with van der Waals surface area (Å²) in [6, 6.07) is 3.09. The minimum absolute atomic E-state index is 0.149. The number of rotatable bonds is 4. The molecule has 0 radical (unpaired) electrons. The smallest absolute Gasteiger partial charge is 0.325 e. The van der Waals surface area contributed by atoms with E-state index < -0.39 is 11.9 Å². The Bertz CT molecular complexity index is 573. The molecule has 0 unspecified atom stereocenters. The van der Waals surface area contributed by atoms with Crippen molar-refractivity contribution in [2.45, 2.75) is 19.9 Å². The third kappa shape index (κ3) is 4.58. The summed E-state index contributed by atoms with van der Waals surface area (Å²) in [6.45, 7) is 3.13. The largest absolute Gasteiger partial charge is 0.468 e. The highest BCUT2D eigenvalue weighted by molar-refractivity contribution is 5.96. The van der Waals surface area contributed by atoms with Crippen molar-refractivity contribution in [2.75, 3.05) is 20.3 Å². The number of carbonyl (C=O) groups is 2. The number of esters is 1. The number of hydrogen-bond acceptors (Lipinski definition) is 5. The molecule has 0 aromatic carbocycles. The quantitative estimate of drug-likeness (QED) is 0.643. The first-order chi connectivity index (χ1) is 10.0. The van der Waals surface area contributed by atoms with Gasteiger partial charge in [0.25, 0.3) is 5.91 Å². The van der Waals surface area contributed by atoms with Gasteiger partial charge in [0.15, 0.2) is 0 Å². The SMILES string of the molecule is COC(=O)CN(C(=O)c1ncccc1C#CCO)C(C)C. The topological polar surface area (TPSA) is 79.7 Å². The van der Waals surface area contributed by atoms with E-state index in [1.54, 1.807) is 26.0 Å². The van der Waals surface area contributed by atoms with Crippen LogP contribution in [0.5, 0.6) is 0 Å². The predicted molar refractivity (Wildman–Crippen MR) is 76.4 cm³/mol. The second-order valence-corrected chi connectivity index (χ2v) is 4.46. The summed E-state index contributed by atoms with van der Waals surface area (Å²) in [5.74, 6) is 4.25. The van der Waals surface area contributed by atoms with E-state index in [-0.39, 0.29) is 24.9 Å². The number of aliphatic hydroxyl groups excluding tert-OH is 1. The molecule has 1 amide bonds. The van der Waals surface area contributed by atoms with Crippen LogP contribution in [0.4, 0.5) is 0 Å². The first-order valence-electron chi connectivity index (χ1n) is 6.43. The van der Waals surface area contributed by atoms with Crippen molar-refractivity contribution >= 4 is 11.9 Å². The molecule has 0 bridgehead atoms. The van der Waals surface area contributed by atoms with Crippen LogP contribution in [0.25, 0.3) is 0 Å². The van der Waals surface area contributed by atoms with Gasteiger partial charge < -0.3 is 14.7 Å². The number of aromatic nitrogens is 1. The van der Waals surface area contributed by atoms with Gasteiger partial charge in [0.05, 0.1) is 12.7 Å². The van der Waals surface area contributed by atoms with E-state index in [9.17, 15) is 9.59 Å². The number of carbonyl (C=O) groups excluding carboxylic acids is 2. The van der Waals surface area contributed by atoms with Gasteiger partial charge in [-0.2, -0.15) is 0 Å². The molecular weight excluding hydrogens is 272 g/mol. The number of pyridine rings is 1. The minimum atomic E-state index is -0.504. The van der Waals surface area contributed by atoms with E-state index in [4.69, 9.17) is 5.11 Å². The zero-order valence-electron chi connectivity index (χ0n) is 12.3. The van der Waals surface area contributed by atoms with Crippen molar-refractivity contribution in [1.82, 2.24) is 9.88 Å². The maximum Gasteiger partial charge on any atom is 0.325 e. The second kappa shape index (κ2) is 8.02. The molecule has 1 N–H and O–H groups in total. The summed E-state index contributed by atoms with van der Waals surface area (Å²) in [7, 11) is 1.27. The molecule has 0 spiro atoms. The lowest BCUT2D eigenvalue weighted by molar-refractivity contribution is -0.141. The number of amides is 1. The van der Waals surface area contributed by atoms with Gasteiger partial charge in [0.2, 0.25) is 0 Å². The van der Waals surface area contributed by atoms with Gasteiger partial charge in [-0.25, -0.2) is 4.98 Å². The van der Waals surface area contributed by atoms with Crippen LogP contribution in [-0.2, 0) is 9.53 Å². The maximum atomic E-state index is 12.5. The summed E-state index contributed by atoms with van der Waals surface area (Å²) in [4.78, 5) is 29.4. The van der Waals surface area contributed by atoms with Crippen LogP contribution in [0.2, 0.25) is 0 Å². The van der Waals surface area contributed by atoms with Crippen molar-refractivity contribution in [3.63, 3.8) is 0 Å². The zero-order valence-corrected chi connectivity index (χ0v) is 12.3. The number of methoxy groups -OCH3 is 1. The number of hydrogen-bond donors (Lipinski definition) is 1. The molecule has 0 aliphatic carbocycles. The molecule has 0 saturated carbocycles. The molecule has 1 aromatic heterocycles. The molecule has 0 aliphatic rings. The first-order valence-corrected chi connectivity index (χ1v) is 6.43. The molecule has 6 heteroatoms. The molecule has 1 aromatic rings. The van der Waals surface area contributed by atoms with Crippen molar-refractivity contribution in [2.24, 2.45) is 0 Å². The van der Waals surface area contributed by atoms with Gasteiger partial charge in [-0.3, -0.25) is 9.59 Å². The zero-order chi connectivity index (χ0) is 15.8. The average molecular weight is 290 g/mol. The summed E-state index contributed by atoms with van der Waals surface area (Å²) in [6.07, 6.45) is 1.48. The van der Waals surface area contributed by atoms with Crippen LogP contribution in [0, 0.1) is 11.8 Å². The highest BCUT2D eigenvalue weighted by Crippen LogP contribution is 2.11. The monoisotopic (exact) mass is 290 g/mol. The molecule has 6 nitrogen and oxygen atoms in total. The van der Waals surface area contributed by atoms with Gasteiger partial charge >= 0.3 is 5.97 Å². The van der Waals surface area contributed by atoms with Crippen LogP contribution in [-0.4, -0.2) is 53.2 Å². The molecule has 0 fully saturated rings. The average Bonchev–Trinajstić information content (AvgIpc) is 2.49. The van der Waals surface area contributed by atoms with E-state index in [0.717, 1.165) is 0 Å². The Kier molecular flexibility index (Phi) is 6.37. The van der Waals surface area contributed by atoms with Crippen LogP contribution in [0.1, 0.15) is 29.9 Å². The lowest BCUT2D eigenvalue weighted by atomic mass is 10.1. The van der Waals surface area contributed by atoms with Crippen LogP contribution in [0.3, 0.4) is 0 Å². The molecule has 0 saturated heterocycles. The van der Waals surface area contributed by atoms with Crippen molar-refractivity contribution in [3.05, 3.63) is 29.6 Å². The first kappa shape index (κ1) is 16.7. The lowest BCUT2D eigenvalue weighted by Gasteiger charge is -2.25. The van der Waals surface area contributed by atoms with Crippen LogP contribution < -0.4 is 0 Å². The van der Waals surface area contributed by atoms with Crippen molar-refractivity contribution in [1.29, 1.82) is 0 Å². The summed E-state index contributed by atoms with van der Waals surface area (Å²) < 4.78 is 4.60. The molecule has 0 aliphatic heterocycles. The predicted octanol–water partition coefficient (Wildman–Crippen LogP) is 0.449. The molecule has 21 heavy (non-hydrogen) atoms. The van der Waals surface area contributed by atoms with E-state index in [0.29, 0.717) is 5.56 Å². The standard InChI is InChI=1S/C15H18N2O4/c1-11(2)17(10-13(19)21-3)15(20)14-12(7-5-9-18)6-4-8-16-14/h4,6,8,11,18H,9-10H2,1-3H3. The lowest BCUT2D eigenvalue weighted by Crippen LogP contribution is -2.41. The Hall–Kier alpha value is -2.39. The summed E-state index contributed by atoms with van der Waals surface area (Å²) in [5, 5.41) is 8.75. The van der Waals surface area contributed by atoms with Crippen molar-refractivity contribution < 1.29 is 19.4 Å². The fourth-order valence-corrected chi connectivity index (χ4v) is 1.64. The van der Waals surface area contributed by atoms with Gasteiger partial charge in [-0.05, 0) is 26.0 Å². The Morgan fingerprint density at radius 3 is 2.76 bits per heavy atom. The Morgan fingerprint density at radius 2 is 2.19 bits per heavy atom. The maximum absolute atomic E-state index is 12.5. The molecule has 112 valence electrons.